The van der Waals surface area contributed by atoms with Gasteiger partial charge in [-0.2, -0.15) is 5.10 Å². The molecule has 17 heavy (non-hydrogen) atoms. The number of benzene rings is 1. The predicted molar refractivity (Wildman–Crippen MR) is 69.1 cm³/mol. The molecule has 0 saturated heterocycles. The van der Waals surface area contributed by atoms with Gasteiger partial charge in [0.2, 0.25) is 0 Å². The smallest absolute Gasteiger partial charge is 0.153 e. The van der Waals surface area contributed by atoms with Gasteiger partial charge in [-0.1, -0.05) is 6.07 Å². The monoisotopic (exact) mass is 231 g/mol. The normalized spacial score (nSPS) is 10.6. The summed E-state index contributed by atoms with van der Waals surface area (Å²) in [6.07, 6.45) is 0. The second-order valence-electron chi connectivity index (χ2n) is 4.15. The van der Waals surface area contributed by atoms with Gasteiger partial charge >= 0.3 is 0 Å². The summed E-state index contributed by atoms with van der Waals surface area (Å²) in [4.78, 5) is 0. The molecule has 0 amide bonds. The summed E-state index contributed by atoms with van der Waals surface area (Å²) < 4.78 is 7.05. The average Bonchev–Trinajstić information content (AvgIpc) is 2.53. The Kier molecular flexibility index (Phi) is 2.79. The standard InChI is InChI=1S/C13H17N3O/c1-8-7-10(5-6-11(8)17-4)12-9(2)16(3)15-13(12)14/h5-7H,1-4H3,(H2,14,15). The minimum Gasteiger partial charge on any atom is -0.496 e. The van der Waals surface area contributed by atoms with E-state index in [2.05, 4.69) is 11.2 Å². The zero-order valence-electron chi connectivity index (χ0n) is 10.6. The van der Waals surface area contributed by atoms with Gasteiger partial charge in [-0.05, 0) is 37.1 Å². The van der Waals surface area contributed by atoms with Gasteiger partial charge < -0.3 is 10.5 Å². The van der Waals surface area contributed by atoms with Gasteiger partial charge in [0.15, 0.2) is 5.82 Å². The quantitative estimate of drug-likeness (QED) is 0.862. The molecule has 0 aliphatic heterocycles. The average molecular weight is 231 g/mol. The van der Waals surface area contributed by atoms with E-state index in [1.807, 2.05) is 33.0 Å². The number of nitrogens with two attached hydrogens (primary N) is 1. The lowest BCUT2D eigenvalue weighted by atomic mass is 10.0. The fourth-order valence-corrected chi connectivity index (χ4v) is 2.02. The van der Waals surface area contributed by atoms with Crippen molar-refractivity contribution in [2.75, 3.05) is 12.8 Å². The number of hydrogen-bond donors (Lipinski definition) is 1. The van der Waals surface area contributed by atoms with Crippen molar-refractivity contribution < 1.29 is 4.74 Å². The molecule has 4 nitrogen and oxygen atoms in total. The van der Waals surface area contributed by atoms with Crippen molar-refractivity contribution in [3.8, 4) is 16.9 Å². The number of aryl methyl sites for hydroxylation is 2. The summed E-state index contributed by atoms with van der Waals surface area (Å²) in [6.45, 7) is 4.03. The Labute approximate surface area is 101 Å². The SMILES string of the molecule is COc1ccc(-c2c(N)nn(C)c2C)cc1C. The molecule has 1 aromatic carbocycles. The Morgan fingerprint density at radius 1 is 1.29 bits per heavy atom. The lowest BCUT2D eigenvalue weighted by Gasteiger charge is -2.07. The highest BCUT2D eigenvalue weighted by atomic mass is 16.5. The first-order valence-electron chi connectivity index (χ1n) is 5.48. The number of anilines is 1. The number of nitrogen functional groups attached to an aromatic ring is 1. The zero-order valence-corrected chi connectivity index (χ0v) is 10.6. The van der Waals surface area contributed by atoms with Crippen LogP contribution in [0.3, 0.4) is 0 Å². The van der Waals surface area contributed by atoms with Crippen molar-refractivity contribution in [1.29, 1.82) is 0 Å². The first-order chi connectivity index (χ1) is 8.04. The van der Waals surface area contributed by atoms with Crippen molar-refractivity contribution in [3.05, 3.63) is 29.5 Å². The third-order valence-corrected chi connectivity index (χ3v) is 3.04. The van der Waals surface area contributed by atoms with Crippen molar-refractivity contribution in [2.24, 2.45) is 7.05 Å². The van der Waals surface area contributed by atoms with E-state index in [9.17, 15) is 0 Å². The molecular weight excluding hydrogens is 214 g/mol. The van der Waals surface area contributed by atoms with Crippen LogP contribution in [0.2, 0.25) is 0 Å². The third-order valence-electron chi connectivity index (χ3n) is 3.04. The largest absolute Gasteiger partial charge is 0.496 e. The number of rotatable bonds is 2. The summed E-state index contributed by atoms with van der Waals surface area (Å²) in [5, 5.41) is 4.22. The molecule has 0 unspecified atom stereocenters. The molecule has 0 saturated carbocycles. The Morgan fingerprint density at radius 2 is 2.00 bits per heavy atom. The molecular formula is C13H17N3O. The van der Waals surface area contributed by atoms with Crippen LogP contribution in [-0.4, -0.2) is 16.9 Å². The highest BCUT2D eigenvalue weighted by molar-refractivity contribution is 5.77. The maximum Gasteiger partial charge on any atom is 0.153 e. The van der Waals surface area contributed by atoms with Gasteiger partial charge in [-0.25, -0.2) is 0 Å². The molecule has 1 aromatic heterocycles. The van der Waals surface area contributed by atoms with E-state index in [1.165, 1.54) is 0 Å². The second-order valence-corrected chi connectivity index (χ2v) is 4.15. The Bertz CT molecular complexity index is 558. The minimum atomic E-state index is 0.564. The van der Waals surface area contributed by atoms with E-state index < -0.39 is 0 Å². The number of nitrogens with zero attached hydrogens (tertiary/aromatic N) is 2. The maximum absolute atomic E-state index is 5.93. The summed E-state index contributed by atoms with van der Waals surface area (Å²) in [7, 11) is 3.57. The van der Waals surface area contributed by atoms with Crippen LogP contribution in [0.25, 0.3) is 11.1 Å². The van der Waals surface area contributed by atoms with Crippen molar-refractivity contribution in [2.45, 2.75) is 13.8 Å². The summed E-state index contributed by atoms with van der Waals surface area (Å²) in [5.41, 5.74) is 10.2. The maximum atomic E-state index is 5.93. The molecule has 0 spiro atoms. The Morgan fingerprint density at radius 3 is 2.47 bits per heavy atom. The van der Waals surface area contributed by atoms with Crippen LogP contribution in [0.15, 0.2) is 18.2 Å². The number of ether oxygens (including phenoxy) is 1. The van der Waals surface area contributed by atoms with Crippen LogP contribution in [0.1, 0.15) is 11.3 Å². The summed E-state index contributed by atoms with van der Waals surface area (Å²) >= 11 is 0. The van der Waals surface area contributed by atoms with E-state index in [-0.39, 0.29) is 0 Å². The van der Waals surface area contributed by atoms with Gasteiger partial charge in [0.05, 0.1) is 7.11 Å². The van der Waals surface area contributed by atoms with Crippen LogP contribution < -0.4 is 10.5 Å². The molecule has 1 heterocycles. The molecule has 2 rings (SSSR count). The first kappa shape index (κ1) is 11.5. The molecule has 90 valence electrons. The van der Waals surface area contributed by atoms with Crippen LogP contribution in [-0.2, 0) is 7.05 Å². The number of aromatic nitrogens is 2. The molecule has 2 aromatic rings. The van der Waals surface area contributed by atoms with E-state index in [0.717, 1.165) is 28.1 Å². The minimum absolute atomic E-state index is 0.564. The van der Waals surface area contributed by atoms with Crippen molar-refractivity contribution in [3.63, 3.8) is 0 Å². The van der Waals surface area contributed by atoms with Gasteiger partial charge in [0.25, 0.3) is 0 Å². The van der Waals surface area contributed by atoms with Crippen LogP contribution >= 0.6 is 0 Å². The van der Waals surface area contributed by atoms with Gasteiger partial charge in [-0.15, -0.1) is 0 Å². The topological polar surface area (TPSA) is 53.1 Å². The first-order valence-corrected chi connectivity index (χ1v) is 5.48. The highest BCUT2D eigenvalue weighted by Crippen LogP contribution is 2.31. The molecule has 0 aliphatic rings. The molecule has 4 heteroatoms. The fourth-order valence-electron chi connectivity index (χ4n) is 2.02. The Balaban J connectivity index is 2.57. The van der Waals surface area contributed by atoms with Crippen molar-refractivity contribution >= 4 is 5.82 Å². The molecule has 0 bridgehead atoms. The number of methoxy groups -OCH3 is 1. The van der Waals surface area contributed by atoms with Crippen LogP contribution in [0.4, 0.5) is 5.82 Å². The third kappa shape index (κ3) is 1.86. The van der Waals surface area contributed by atoms with Crippen LogP contribution in [0, 0.1) is 13.8 Å². The Hall–Kier alpha value is -1.97. The van der Waals surface area contributed by atoms with Gasteiger partial charge in [-0.3, -0.25) is 4.68 Å². The lowest BCUT2D eigenvalue weighted by Crippen LogP contribution is -1.93. The van der Waals surface area contributed by atoms with Crippen molar-refractivity contribution in [1.82, 2.24) is 9.78 Å². The molecule has 2 N–H and O–H groups in total. The van der Waals surface area contributed by atoms with E-state index in [1.54, 1.807) is 11.8 Å². The molecule has 0 radical (unpaired) electrons. The van der Waals surface area contributed by atoms with Gasteiger partial charge in [0, 0.05) is 18.3 Å². The van der Waals surface area contributed by atoms with Gasteiger partial charge in [0.1, 0.15) is 5.75 Å². The lowest BCUT2D eigenvalue weighted by molar-refractivity contribution is 0.412. The summed E-state index contributed by atoms with van der Waals surface area (Å²) in [5.74, 6) is 1.45. The predicted octanol–water partition coefficient (Wildman–Crippen LogP) is 2.29. The zero-order chi connectivity index (χ0) is 12.6. The van der Waals surface area contributed by atoms with E-state index in [0.29, 0.717) is 5.82 Å². The molecule has 0 atom stereocenters. The highest BCUT2D eigenvalue weighted by Gasteiger charge is 2.13. The van der Waals surface area contributed by atoms with Crippen LogP contribution in [0.5, 0.6) is 5.75 Å². The molecule has 0 fully saturated rings. The van der Waals surface area contributed by atoms with E-state index >= 15 is 0 Å². The second kappa shape index (κ2) is 4.13. The summed E-state index contributed by atoms with van der Waals surface area (Å²) in [6, 6.07) is 6.03. The number of hydrogen-bond acceptors (Lipinski definition) is 3. The molecule has 0 aliphatic carbocycles. The van der Waals surface area contributed by atoms with E-state index in [4.69, 9.17) is 10.5 Å². The fraction of sp³-hybridized carbons (Fsp3) is 0.308.